The Bertz CT molecular complexity index is 970. The Labute approximate surface area is 183 Å². The van der Waals surface area contributed by atoms with Crippen LogP contribution in [0.4, 0.5) is 16.2 Å². The first kappa shape index (κ1) is 22.4. The number of piperazine rings is 1. The van der Waals surface area contributed by atoms with Crippen molar-refractivity contribution in [2.24, 2.45) is 0 Å². The van der Waals surface area contributed by atoms with Gasteiger partial charge in [-0.25, -0.2) is 13.2 Å². The smallest absolute Gasteiger partial charge is 0.321 e. The summed E-state index contributed by atoms with van der Waals surface area (Å²) in [6.45, 7) is 7.02. The van der Waals surface area contributed by atoms with Gasteiger partial charge in [0.05, 0.1) is 4.90 Å². The number of benzene rings is 2. The summed E-state index contributed by atoms with van der Waals surface area (Å²) in [6.07, 6.45) is 0. The Morgan fingerprint density at radius 2 is 1.67 bits per heavy atom. The van der Waals surface area contributed by atoms with Crippen LogP contribution in [0.5, 0.6) is 0 Å². The molecule has 1 N–H and O–H groups in total. The van der Waals surface area contributed by atoms with Crippen molar-refractivity contribution < 1.29 is 13.2 Å². The molecule has 0 radical (unpaired) electrons. The lowest BCUT2D eigenvalue weighted by Crippen LogP contribution is -2.48. The van der Waals surface area contributed by atoms with E-state index in [1.54, 1.807) is 17.0 Å². The lowest BCUT2D eigenvalue weighted by atomic mass is 10.2. The number of rotatable bonds is 6. The largest absolute Gasteiger partial charge is 0.369 e. The molecule has 1 aliphatic rings. The number of carbonyl (C=O) groups excluding carboxylic acids is 1. The molecular weight excluding hydrogens is 424 g/mol. The zero-order chi connectivity index (χ0) is 21.7. The van der Waals surface area contributed by atoms with Gasteiger partial charge in [-0.2, -0.15) is 4.31 Å². The first-order chi connectivity index (χ1) is 14.3. The second-order valence-corrected chi connectivity index (χ2v) is 9.37. The molecule has 162 valence electrons. The number of nitrogens with one attached hydrogen (secondary N) is 1. The van der Waals surface area contributed by atoms with Crippen LogP contribution in [0.25, 0.3) is 0 Å². The van der Waals surface area contributed by atoms with Gasteiger partial charge in [-0.1, -0.05) is 17.7 Å². The van der Waals surface area contributed by atoms with E-state index in [4.69, 9.17) is 11.6 Å². The van der Waals surface area contributed by atoms with E-state index in [-0.39, 0.29) is 10.9 Å². The number of anilines is 2. The fraction of sp³-hybridized carbons (Fsp3) is 0.381. The zero-order valence-electron chi connectivity index (χ0n) is 17.2. The normalized spacial score (nSPS) is 15.1. The van der Waals surface area contributed by atoms with E-state index in [1.807, 2.05) is 38.1 Å². The van der Waals surface area contributed by atoms with E-state index >= 15 is 0 Å². The molecule has 0 bridgehead atoms. The second-order valence-electron chi connectivity index (χ2n) is 7.00. The maximum Gasteiger partial charge on any atom is 0.321 e. The molecule has 1 heterocycles. The van der Waals surface area contributed by atoms with Crippen LogP contribution in [0.1, 0.15) is 13.8 Å². The highest BCUT2D eigenvalue weighted by Crippen LogP contribution is 2.24. The Hall–Kier alpha value is -2.29. The van der Waals surface area contributed by atoms with Crippen molar-refractivity contribution in [1.29, 1.82) is 0 Å². The molecule has 0 saturated carbocycles. The molecule has 2 aromatic carbocycles. The molecule has 2 amide bonds. The fourth-order valence-corrected chi connectivity index (χ4v) is 5.04. The van der Waals surface area contributed by atoms with Crippen molar-refractivity contribution in [2.45, 2.75) is 18.7 Å². The van der Waals surface area contributed by atoms with Gasteiger partial charge in [0.15, 0.2) is 0 Å². The highest BCUT2D eigenvalue weighted by molar-refractivity contribution is 7.89. The maximum absolute atomic E-state index is 13.0. The molecule has 1 saturated heterocycles. The summed E-state index contributed by atoms with van der Waals surface area (Å²) in [5.41, 5.74) is 1.56. The number of halogens is 1. The highest BCUT2D eigenvalue weighted by atomic mass is 35.5. The monoisotopic (exact) mass is 450 g/mol. The summed E-state index contributed by atoms with van der Waals surface area (Å²) in [6, 6.07) is 13.7. The van der Waals surface area contributed by atoms with Crippen LogP contribution in [0.3, 0.4) is 0 Å². The summed E-state index contributed by atoms with van der Waals surface area (Å²) in [5, 5.41) is 3.45. The summed E-state index contributed by atoms with van der Waals surface area (Å²) in [4.78, 5) is 16.2. The summed E-state index contributed by atoms with van der Waals surface area (Å²) in [7, 11) is -3.59. The average molecular weight is 451 g/mol. The van der Waals surface area contributed by atoms with Crippen molar-refractivity contribution >= 4 is 39.0 Å². The minimum atomic E-state index is -3.59. The third-order valence-corrected chi connectivity index (χ3v) is 7.35. The second kappa shape index (κ2) is 9.68. The number of sulfonamides is 1. The van der Waals surface area contributed by atoms with E-state index in [0.717, 1.165) is 5.69 Å². The maximum atomic E-state index is 13.0. The lowest BCUT2D eigenvalue weighted by molar-refractivity contribution is 0.217. The molecule has 1 fully saturated rings. The molecule has 30 heavy (non-hydrogen) atoms. The number of carbonyl (C=O) groups is 1. The Kier molecular flexibility index (Phi) is 7.23. The van der Waals surface area contributed by atoms with E-state index in [0.29, 0.717) is 50.0 Å². The van der Waals surface area contributed by atoms with Crippen molar-refractivity contribution in [2.75, 3.05) is 49.5 Å². The predicted molar refractivity (Wildman–Crippen MR) is 121 cm³/mol. The molecule has 1 aliphatic heterocycles. The van der Waals surface area contributed by atoms with Crippen molar-refractivity contribution in [3.05, 3.63) is 53.6 Å². The molecule has 0 spiro atoms. The van der Waals surface area contributed by atoms with Gasteiger partial charge in [0.25, 0.3) is 0 Å². The molecule has 0 atom stereocenters. The van der Waals surface area contributed by atoms with Gasteiger partial charge in [-0.3, -0.25) is 0 Å². The topological polar surface area (TPSA) is 73.0 Å². The van der Waals surface area contributed by atoms with Gasteiger partial charge in [-0.15, -0.1) is 0 Å². The van der Waals surface area contributed by atoms with Crippen LogP contribution in [-0.2, 0) is 10.0 Å². The van der Waals surface area contributed by atoms with Crippen LogP contribution < -0.4 is 10.2 Å². The van der Waals surface area contributed by atoms with Gasteiger partial charge in [0.2, 0.25) is 10.0 Å². The predicted octanol–water partition coefficient (Wildman–Crippen LogP) is 3.72. The quantitative estimate of drug-likeness (QED) is 0.727. The Balaban J connectivity index is 1.64. The molecule has 0 aliphatic carbocycles. The standard InChI is InChI=1S/C21H27ClN4O3S/c1-3-24(4-2)21(27)23-18-8-10-20(11-9-18)30(28,29)26-14-12-25(13-15-26)19-7-5-6-17(22)16-19/h5-11,16H,3-4,12-15H2,1-2H3,(H,23,27). The van der Waals surface area contributed by atoms with Crippen LogP contribution in [0.2, 0.25) is 5.02 Å². The lowest BCUT2D eigenvalue weighted by Gasteiger charge is -2.35. The van der Waals surface area contributed by atoms with E-state index < -0.39 is 10.0 Å². The summed E-state index contributed by atoms with van der Waals surface area (Å²) >= 11 is 6.06. The highest BCUT2D eigenvalue weighted by Gasteiger charge is 2.28. The Morgan fingerprint density at radius 1 is 1.03 bits per heavy atom. The Morgan fingerprint density at radius 3 is 2.23 bits per heavy atom. The van der Waals surface area contributed by atoms with E-state index in [2.05, 4.69) is 10.2 Å². The molecule has 0 aromatic heterocycles. The fourth-order valence-electron chi connectivity index (χ4n) is 3.43. The summed E-state index contributed by atoms with van der Waals surface area (Å²) < 4.78 is 27.5. The molecular formula is C21H27ClN4O3S. The SMILES string of the molecule is CCN(CC)C(=O)Nc1ccc(S(=O)(=O)N2CCN(c3cccc(Cl)c3)CC2)cc1. The first-order valence-electron chi connectivity index (χ1n) is 10.0. The van der Waals surface area contributed by atoms with E-state index in [1.165, 1.54) is 16.4 Å². The molecule has 9 heteroatoms. The van der Waals surface area contributed by atoms with Crippen LogP contribution in [-0.4, -0.2) is 62.9 Å². The van der Waals surface area contributed by atoms with Crippen LogP contribution >= 0.6 is 11.6 Å². The van der Waals surface area contributed by atoms with Crippen LogP contribution in [0, 0.1) is 0 Å². The number of hydrogen-bond donors (Lipinski definition) is 1. The number of hydrogen-bond acceptors (Lipinski definition) is 4. The number of amides is 2. The summed E-state index contributed by atoms with van der Waals surface area (Å²) in [5.74, 6) is 0. The molecule has 7 nitrogen and oxygen atoms in total. The average Bonchev–Trinajstić information content (AvgIpc) is 2.75. The third kappa shape index (κ3) is 5.06. The van der Waals surface area contributed by atoms with Crippen LogP contribution in [0.15, 0.2) is 53.4 Å². The zero-order valence-corrected chi connectivity index (χ0v) is 18.8. The first-order valence-corrected chi connectivity index (χ1v) is 11.8. The molecule has 2 aromatic rings. The van der Waals surface area contributed by atoms with E-state index in [9.17, 15) is 13.2 Å². The van der Waals surface area contributed by atoms with Gasteiger partial charge in [0.1, 0.15) is 0 Å². The van der Waals surface area contributed by atoms with Gasteiger partial charge < -0.3 is 15.1 Å². The molecule has 0 unspecified atom stereocenters. The van der Waals surface area contributed by atoms with Gasteiger partial charge in [0, 0.05) is 55.7 Å². The third-order valence-electron chi connectivity index (χ3n) is 5.21. The van der Waals surface area contributed by atoms with Gasteiger partial charge in [-0.05, 0) is 56.3 Å². The number of nitrogens with zero attached hydrogens (tertiary/aromatic N) is 3. The molecule has 3 rings (SSSR count). The minimum absolute atomic E-state index is 0.201. The minimum Gasteiger partial charge on any atom is -0.369 e. The van der Waals surface area contributed by atoms with Crippen molar-refractivity contribution in [1.82, 2.24) is 9.21 Å². The number of urea groups is 1. The van der Waals surface area contributed by atoms with Crippen molar-refractivity contribution in [3.63, 3.8) is 0 Å². The van der Waals surface area contributed by atoms with Crippen molar-refractivity contribution in [3.8, 4) is 0 Å². The van der Waals surface area contributed by atoms with Gasteiger partial charge >= 0.3 is 6.03 Å².